The molecule has 21 heavy (non-hydrogen) atoms. The fourth-order valence-corrected chi connectivity index (χ4v) is 2.26. The number of fused-ring (bicyclic) bond motifs is 1. The van der Waals surface area contributed by atoms with E-state index in [4.69, 9.17) is 10.5 Å². The molecule has 0 unspecified atom stereocenters. The Labute approximate surface area is 122 Å². The van der Waals surface area contributed by atoms with Crippen molar-refractivity contribution in [1.82, 2.24) is 4.98 Å². The zero-order valence-corrected chi connectivity index (χ0v) is 11.5. The molecule has 3 rings (SSSR count). The molecule has 0 aliphatic rings. The Morgan fingerprint density at radius 3 is 2.52 bits per heavy atom. The standard InChI is InChI=1S/C17H14N2O2/c1-21-14-6-13(9-19-10-14)17(20)15-7-11-4-2-3-5-12(11)8-16(15)18/h2-10H,18H2,1H3. The fourth-order valence-electron chi connectivity index (χ4n) is 2.26. The van der Waals surface area contributed by atoms with E-state index < -0.39 is 0 Å². The molecule has 0 atom stereocenters. The lowest BCUT2D eigenvalue weighted by Gasteiger charge is -2.08. The third-order valence-corrected chi connectivity index (χ3v) is 3.37. The second-order valence-corrected chi connectivity index (χ2v) is 4.73. The average Bonchev–Trinajstić information content (AvgIpc) is 2.53. The predicted molar refractivity (Wildman–Crippen MR) is 82.6 cm³/mol. The number of carbonyl (C=O) groups excluding carboxylic acids is 1. The van der Waals surface area contributed by atoms with Crippen LogP contribution in [0.1, 0.15) is 15.9 Å². The van der Waals surface area contributed by atoms with Crippen LogP contribution in [0.15, 0.2) is 54.9 Å². The lowest BCUT2D eigenvalue weighted by atomic mass is 9.99. The first-order valence-electron chi connectivity index (χ1n) is 6.51. The second-order valence-electron chi connectivity index (χ2n) is 4.73. The minimum Gasteiger partial charge on any atom is -0.495 e. The molecule has 0 radical (unpaired) electrons. The van der Waals surface area contributed by atoms with E-state index in [9.17, 15) is 4.79 Å². The maximum atomic E-state index is 12.6. The van der Waals surface area contributed by atoms with E-state index in [0.29, 0.717) is 22.6 Å². The molecule has 0 saturated heterocycles. The zero-order chi connectivity index (χ0) is 14.8. The molecule has 0 amide bonds. The van der Waals surface area contributed by atoms with Gasteiger partial charge in [-0.25, -0.2) is 0 Å². The molecule has 3 aromatic rings. The Bertz CT molecular complexity index is 828. The Morgan fingerprint density at radius 1 is 1.10 bits per heavy atom. The summed E-state index contributed by atoms with van der Waals surface area (Å²) in [6.07, 6.45) is 3.07. The molecule has 4 heteroatoms. The first kappa shape index (κ1) is 13.1. The number of ether oxygens (including phenoxy) is 1. The number of methoxy groups -OCH3 is 1. The highest BCUT2D eigenvalue weighted by atomic mass is 16.5. The van der Waals surface area contributed by atoms with Gasteiger partial charge < -0.3 is 10.5 Å². The number of hydrogen-bond donors (Lipinski definition) is 1. The van der Waals surface area contributed by atoms with E-state index in [2.05, 4.69) is 4.98 Å². The molecule has 4 nitrogen and oxygen atoms in total. The lowest BCUT2D eigenvalue weighted by molar-refractivity contribution is 0.103. The summed E-state index contributed by atoms with van der Waals surface area (Å²) in [5, 5.41) is 1.99. The lowest BCUT2D eigenvalue weighted by Crippen LogP contribution is -2.06. The number of pyridine rings is 1. The maximum Gasteiger partial charge on any atom is 0.196 e. The van der Waals surface area contributed by atoms with Gasteiger partial charge >= 0.3 is 0 Å². The summed E-state index contributed by atoms with van der Waals surface area (Å²) in [5.74, 6) is 0.380. The van der Waals surface area contributed by atoms with Crippen molar-refractivity contribution in [2.75, 3.05) is 12.8 Å². The summed E-state index contributed by atoms with van der Waals surface area (Å²) in [6.45, 7) is 0. The van der Waals surface area contributed by atoms with E-state index in [1.807, 2.05) is 36.4 Å². The monoisotopic (exact) mass is 278 g/mol. The van der Waals surface area contributed by atoms with Crippen molar-refractivity contribution in [3.63, 3.8) is 0 Å². The second kappa shape index (κ2) is 5.25. The molecular weight excluding hydrogens is 264 g/mol. The Balaban J connectivity index is 2.10. The summed E-state index contributed by atoms with van der Waals surface area (Å²) in [7, 11) is 1.54. The van der Waals surface area contributed by atoms with Crippen molar-refractivity contribution in [2.24, 2.45) is 0 Å². The van der Waals surface area contributed by atoms with Crippen LogP contribution in [0.3, 0.4) is 0 Å². The fraction of sp³-hybridized carbons (Fsp3) is 0.0588. The van der Waals surface area contributed by atoms with Gasteiger partial charge in [0.1, 0.15) is 5.75 Å². The molecule has 104 valence electrons. The predicted octanol–water partition coefficient (Wildman–Crippen LogP) is 3.06. The number of hydrogen-bond acceptors (Lipinski definition) is 4. The van der Waals surface area contributed by atoms with E-state index in [1.54, 1.807) is 12.3 Å². The molecule has 0 spiro atoms. The van der Waals surface area contributed by atoms with Crippen molar-refractivity contribution in [2.45, 2.75) is 0 Å². The molecule has 2 N–H and O–H groups in total. The highest BCUT2D eigenvalue weighted by Gasteiger charge is 2.14. The number of ketones is 1. The van der Waals surface area contributed by atoms with Crippen LogP contribution in [0.25, 0.3) is 10.8 Å². The van der Waals surface area contributed by atoms with Crippen LogP contribution in [0, 0.1) is 0 Å². The van der Waals surface area contributed by atoms with Crippen LogP contribution in [0.5, 0.6) is 5.75 Å². The number of rotatable bonds is 3. The van der Waals surface area contributed by atoms with Crippen LogP contribution in [0.2, 0.25) is 0 Å². The molecule has 0 bridgehead atoms. The van der Waals surface area contributed by atoms with Gasteiger partial charge in [-0.15, -0.1) is 0 Å². The van der Waals surface area contributed by atoms with Gasteiger partial charge in [-0.1, -0.05) is 24.3 Å². The molecular formula is C17H14N2O2. The average molecular weight is 278 g/mol. The minimum atomic E-state index is -0.162. The molecule has 0 aliphatic carbocycles. The Hall–Kier alpha value is -2.88. The van der Waals surface area contributed by atoms with Gasteiger partial charge in [0.25, 0.3) is 0 Å². The molecule has 1 heterocycles. The first-order valence-corrected chi connectivity index (χ1v) is 6.51. The number of benzene rings is 2. The Morgan fingerprint density at radius 2 is 1.81 bits per heavy atom. The normalized spacial score (nSPS) is 10.5. The number of aromatic nitrogens is 1. The van der Waals surface area contributed by atoms with Crippen LogP contribution >= 0.6 is 0 Å². The van der Waals surface area contributed by atoms with Crippen LogP contribution in [-0.2, 0) is 0 Å². The number of carbonyl (C=O) groups is 1. The van der Waals surface area contributed by atoms with Crippen molar-refractivity contribution in [1.29, 1.82) is 0 Å². The van der Waals surface area contributed by atoms with Gasteiger partial charge in [-0.3, -0.25) is 9.78 Å². The number of anilines is 1. The molecule has 1 aromatic heterocycles. The quantitative estimate of drug-likeness (QED) is 0.590. The third-order valence-electron chi connectivity index (χ3n) is 3.37. The van der Waals surface area contributed by atoms with Gasteiger partial charge in [0, 0.05) is 23.0 Å². The van der Waals surface area contributed by atoms with Crippen molar-refractivity contribution >= 4 is 22.2 Å². The summed E-state index contributed by atoms with van der Waals surface area (Å²) < 4.78 is 5.10. The summed E-state index contributed by atoms with van der Waals surface area (Å²) in [4.78, 5) is 16.6. The van der Waals surface area contributed by atoms with Gasteiger partial charge in [0.15, 0.2) is 5.78 Å². The number of nitrogen functional groups attached to an aromatic ring is 1. The molecule has 2 aromatic carbocycles. The molecule has 0 aliphatic heterocycles. The van der Waals surface area contributed by atoms with Crippen molar-refractivity contribution in [3.05, 3.63) is 66.0 Å². The summed E-state index contributed by atoms with van der Waals surface area (Å²) >= 11 is 0. The van der Waals surface area contributed by atoms with Crippen molar-refractivity contribution in [3.8, 4) is 5.75 Å². The third kappa shape index (κ3) is 2.43. The largest absolute Gasteiger partial charge is 0.495 e. The SMILES string of the molecule is COc1cncc(C(=O)c2cc3ccccc3cc2N)c1. The van der Waals surface area contributed by atoms with Crippen LogP contribution in [0.4, 0.5) is 5.69 Å². The van der Waals surface area contributed by atoms with Gasteiger partial charge in [0.2, 0.25) is 0 Å². The minimum absolute atomic E-state index is 0.162. The summed E-state index contributed by atoms with van der Waals surface area (Å²) in [5.41, 5.74) is 7.41. The number of nitrogens with zero attached hydrogens (tertiary/aromatic N) is 1. The highest BCUT2D eigenvalue weighted by Crippen LogP contribution is 2.24. The maximum absolute atomic E-state index is 12.6. The van der Waals surface area contributed by atoms with Gasteiger partial charge in [0.05, 0.1) is 13.3 Å². The van der Waals surface area contributed by atoms with E-state index in [1.165, 1.54) is 13.3 Å². The molecule has 0 fully saturated rings. The first-order chi connectivity index (χ1) is 10.2. The van der Waals surface area contributed by atoms with Gasteiger partial charge in [-0.2, -0.15) is 0 Å². The number of nitrogens with two attached hydrogens (primary N) is 1. The van der Waals surface area contributed by atoms with E-state index in [0.717, 1.165) is 10.8 Å². The van der Waals surface area contributed by atoms with Gasteiger partial charge in [-0.05, 0) is 29.0 Å². The Kier molecular flexibility index (Phi) is 3.28. The smallest absolute Gasteiger partial charge is 0.196 e. The molecule has 0 saturated carbocycles. The zero-order valence-electron chi connectivity index (χ0n) is 11.5. The topological polar surface area (TPSA) is 65.2 Å². The van der Waals surface area contributed by atoms with Crippen LogP contribution in [-0.4, -0.2) is 17.9 Å². The summed E-state index contributed by atoms with van der Waals surface area (Å²) in [6, 6.07) is 13.1. The van der Waals surface area contributed by atoms with E-state index >= 15 is 0 Å². The van der Waals surface area contributed by atoms with Crippen molar-refractivity contribution < 1.29 is 9.53 Å². The van der Waals surface area contributed by atoms with E-state index in [-0.39, 0.29) is 5.78 Å². The highest BCUT2D eigenvalue weighted by molar-refractivity contribution is 6.14. The van der Waals surface area contributed by atoms with Crippen LogP contribution < -0.4 is 10.5 Å².